The molecule has 4 rings (SSSR count). The lowest BCUT2D eigenvalue weighted by molar-refractivity contribution is 0.255. The number of fused-ring (bicyclic) bond motifs is 1. The van der Waals surface area contributed by atoms with Gasteiger partial charge in [0.2, 0.25) is 5.89 Å². The van der Waals surface area contributed by atoms with Crippen LogP contribution >= 0.6 is 0 Å². The van der Waals surface area contributed by atoms with Crippen LogP contribution in [0.3, 0.4) is 0 Å². The van der Waals surface area contributed by atoms with Crippen molar-refractivity contribution in [3.8, 4) is 0 Å². The fourth-order valence-corrected chi connectivity index (χ4v) is 3.35. The van der Waals surface area contributed by atoms with Crippen molar-refractivity contribution in [2.24, 2.45) is 5.92 Å². The van der Waals surface area contributed by atoms with E-state index in [-0.39, 0.29) is 0 Å². The minimum Gasteiger partial charge on any atom is -0.367 e. The molecule has 6 nitrogen and oxygen atoms in total. The van der Waals surface area contributed by atoms with Crippen molar-refractivity contribution in [3.05, 3.63) is 24.0 Å². The Morgan fingerprint density at radius 1 is 1.38 bits per heavy atom. The fraction of sp³-hybridized carbons (Fsp3) is 0.667. The molecule has 6 heteroatoms. The number of aryl methyl sites for hydroxylation is 1. The van der Waals surface area contributed by atoms with E-state index in [1.807, 2.05) is 12.3 Å². The number of aromatic nitrogens is 4. The third-order valence-corrected chi connectivity index (χ3v) is 4.81. The van der Waals surface area contributed by atoms with Crippen LogP contribution in [0.25, 0.3) is 0 Å². The van der Waals surface area contributed by atoms with E-state index < -0.39 is 0 Å². The normalized spacial score (nSPS) is 28.2. The van der Waals surface area contributed by atoms with Crippen molar-refractivity contribution >= 4 is 5.82 Å². The van der Waals surface area contributed by atoms with Gasteiger partial charge in [0, 0.05) is 30.4 Å². The zero-order valence-electron chi connectivity index (χ0n) is 12.5. The lowest BCUT2D eigenvalue weighted by Gasteiger charge is -2.36. The highest BCUT2D eigenvalue weighted by Crippen LogP contribution is 2.38. The van der Waals surface area contributed by atoms with Gasteiger partial charge in [-0.3, -0.25) is 0 Å². The number of hydrogen-bond acceptors (Lipinski definition) is 5. The van der Waals surface area contributed by atoms with Crippen molar-refractivity contribution in [1.82, 2.24) is 19.9 Å². The summed E-state index contributed by atoms with van der Waals surface area (Å²) in [4.78, 5) is 4.52. The Kier molecular flexibility index (Phi) is 2.97. The van der Waals surface area contributed by atoms with Gasteiger partial charge in [0.1, 0.15) is 5.82 Å². The number of hydrogen-bond donors (Lipinski definition) is 1. The average Bonchev–Trinajstić information content (AvgIpc) is 3.02. The largest absolute Gasteiger partial charge is 0.367 e. The lowest BCUT2D eigenvalue weighted by Crippen LogP contribution is -2.38. The summed E-state index contributed by atoms with van der Waals surface area (Å²) in [5.74, 6) is 3.86. The molecule has 1 aliphatic heterocycles. The first-order valence-corrected chi connectivity index (χ1v) is 7.85. The highest BCUT2D eigenvalue weighted by molar-refractivity contribution is 5.38. The quantitative estimate of drug-likeness (QED) is 0.936. The van der Waals surface area contributed by atoms with Gasteiger partial charge in [0.25, 0.3) is 0 Å². The van der Waals surface area contributed by atoms with Crippen molar-refractivity contribution in [2.75, 3.05) is 5.32 Å². The van der Waals surface area contributed by atoms with E-state index in [0.29, 0.717) is 23.9 Å². The van der Waals surface area contributed by atoms with Gasteiger partial charge in [-0.1, -0.05) is 5.16 Å². The van der Waals surface area contributed by atoms with E-state index in [1.54, 1.807) is 0 Å². The summed E-state index contributed by atoms with van der Waals surface area (Å²) in [7, 11) is 0. The highest BCUT2D eigenvalue weighted by Gasteiger charge is 2.32. The molecule has 0 aromatic carbocycles. The maximum absolute atomic E-state index is 5.38. The summed E-state index contributed by atoms with van der Waals surface area (Å²) >= 11 is 0. The molecular formula is C15H21N5O. The van der Waals surface area contributed by atoms with Crippen LogP contribution in [0, 0.1) is 5.92 Å². The molecule has 2 aromatic heterocycles. The molecule has 2 aliphatic rings. The molecule has 1 saturated carbocycles. The predicted octanol–water partition coefficient (Wildman–Crippen LogP) is 2.77. The van der Waals surface area contributed by atoms with Gasteiger partial charge in [-0.25, -0.2) is 4.68 Å². The summed E-state index contributed by atoms with van der Waals surface area (Å²) < 4.78 is 7.46. The minimum absolute atomic E-state index is 0.386. The fourth-order valence-electron chi connectivity index (χ4n) is 3.35. The molecule has 0 amide bonds. The third kappa shape index (κ3) is 2.32. The summed E-state index contributed by atoms with van der Waals surface area (Å²) in [5, 5.41) is 12.0. The molecule has 0 bridgehead atoms. The van der Waals surface area contributed by atoms with Crippen LogP contribution in [0.2, 0.25) is 0 Å². The van der Waals surface area contributed by atoms with Crippen molar-refractivity contribution in [3.63, 3.8) is 0 Å². The molecule has 1 fully saturated rings. The standard InChI is InChI=1S/C15H21N5O/c1-9-12(10(2)20-13(17-9)7-8-16-20)5-6-14-18-15(19-21-14)11-3-4-11/h7-12,17H,3-6H2,1-2H3. The molecule has 3 unspecified atom stereocenters. The van der Waals surface area contributed by atoms with Crippen LogP contribution in [0.1, 0.15) is 56.8 Å². The van der Waals surface area contributed by atoms with Crippen LogP contribution < -0.4 is 5.32 Å². The van der Waals surface area contributed by atoms with Crippen molar-refractivity contribution in [2.45, 2.75) is 57.5 Å². The van der Waals surface area contributed by atoms with Gasteiger partial charge >= 0.3 is 0 Å². The molecule has 0 saturated heterocycles. The Hall–Kier alpha value is -1.85. The maximum Gasteiger partial charge on any atom is 0.226 e. The SMILES string of the molecule is CC1Nc2ccnn2C(C)C1CCc1nc(C2CC2)no1. The van der Waals surface area contributed by atoms with Gasteiger partial charge in [0.05, 0.1) is 12.2 Å². The van der Waals surface area contributed by atoms with E-state index >= 15 is 0 Å². The Morgan fingerprint density at radius 2 is 2.24 bits per heavy atom. The number of anilines is 1. The second kappa shape index (κ2) is 4.86. The molecule has 21 heavy (non-hydrogen) atoms. The first-order valence-electron chi connectivity index (χ1n) is 7.85. The molecule has 0 spiro atoms. The maximum atomic E-state index is 5.38. The van der Waals surface area contributed by atoms with Gasteiger partial charge in [-0.2, -0.15) is 10.1 Å². The predicted molar refractivity (Wildman–Crippen MR) is 78.1 cm³/mol. The number of rotatable bonds is 4. The number of nitrogens with one attached hydrogen (secondary N) is 1. The lowest BCUT2D eigenvalue weighted by atomic mass is 9.87. The molecule has 1 N–H and O–H groups in total. The smallest absolute Gasteiger partial charge is 0.226 e. The Balaban J connectivity index is 1.43. The van der Waals surface area contributed by atoms with Crippen molar-refractivity contribution in [1.29, 1.82) is 0 Å². The van der Waals surface area contributed by atoms with Crippen LogP contribution in [0.15, 0.2) is 16.8 Å². The molecule has 1 aliphatic carbocycles. The summed E-state index contributed by atoms with van der Waals surface area (Å²) in [6.07, 6.45) is 6.15. The summed E-state index contributed by atoms with van der Waals surface area (Å²) in [5.41, 5.74) is 0. The second-order valence-corrected chi connectivity index (χ2v) is 6.36. The van der Waals surface area contributed by atoms with Gasteiger partial charge < -0.3 is 9.84 Å². The van der Waals surface area contributed by atoms with Gasteiger partial charge in [-0.05, 0) is 33.1 Å². The Morgan fingerprint density at radius 3 is 3.05 bits per heavy atom. The Labute approximate surface area is 123 Å². The molecule has 112 valence electrons. The monoisotopic (exact) mass is 287 g/mol. The van der Waals surface area contributed by atoms with E-state index in [2.05, 4.69) is 39.1 Å². The molecule has 3 atom stereocenters. The third-order valence-electron chi connectivity index (χ3n) is 4.81. The minimum atomic E-state index is 0.386. The van der Waals surface area contributed by atoms with Crippen LogP contribution in [-0.2, 0) is 6.42 Å². The van der Waals surface area contributed by atoms with Crippen LogP contribution in [0.5, 0.6) is 0 Å². The molecular weight excluding hydrogens is 266 g/mol. The van der Waals surface area contributed by atoms with Crippen LogP contribution in [0.4, 0.5) is 5.82 Å². The van der Waals surface area contributed by atoms with E-state index in [0.717, 1.165) is 30.4 Å². The zero-order chi connectivity index (χ0) is 14.4. The highest BCUT2D eigenvalue weighted by atomic mass is 16.5. The van der Waals surface area contributed by atoms with Gasteiger partial charge in [0.15, 0.2) is 5.82 Å². The first kappa shape index (κ1) is 12.9. The molecule has 3 heterocycles. The molecule has 2 aromatic rings. The van der Waals surface area contributed by atoms with Crippen LogP contribution in [-0.4, -0.2) is 26.0 Å². The van der Waals surface area contributed by atoms with E-state index in [4.69, 9.17) is 4.52 Å². The topological polar surface area (TPSA) is 68.8 Å². The van der Waals surface area contributed by atoms with Crippen molar-refractivity contribution < 1.29 is 4.52 Å². The zero-order valence-corrected chi connectivity index (χ0v) is 12.5. The molecule has 0 radical (unpaired) electrons. The Bertz CT molecular complexity index is 630. The van der Waals surface area contributed by atoms with E-state index in [9.17, 15) is 0 Å². The second-order valence-electron chi connectivity index (χ2n) is 6.36. The van der Waals surface area contributed by atoms with Gasteiger partial charge in [-0.15, -0.1) is 0 Å². The number of nitrogens with zero attached hydrogens (tertiary/aromatic N) is 4. The summed E-state index contributed by atoms with van der Waals surface area (Å²) in [6, 6.07) is 2.84. The van der Waals surface area contributed by atoms with E-state index in [1.165, 1.54) is 12.8 Å². The summed E-state index contributed by atoms with van der Waals surface area (Å²) in [6.45, 7) is 4.48. The average molecular weight is 287 g/mol. The first-order chi connectivity index (χ1) is 10.2.